The highest BCUT2D eigenvalue weighted by Crippen LogP contribution is 2.17. The number of carbonyl (C=O) groups excluding carboxylic acids is 2. The molecule has 0 spiro atoms. The molecule has 174 valence electrons. The number of hydrogen-bond donors (Lipinski definition) is 0. The van der Waals surface area contributed by atoms with Gasteiger partial charge in [-0.05, 0) is 30.2 Å². The van der Waals surface area contributed by atoms with Crippen molar-refractivity contribution < 1.29 is 19.1 Å². The van der Waals surface area contributed by atoms with Gasteiger partial charge in [0.2, 0.25) is 0 Å². The molecule has 0 radical (unpaired) electrons. The monoisotopic (exact) mass is 458 g/mol. The molecule has 32 heavy (non-hydrogen) atoms. The number of ether oxygens (including phenoxy) is 2. The van der Waals surface area contributed by atoms with Crippen molar-refractivity contribution in [1.82, 2.24) is 0 Å². The number of benzene rings is 2. The molecule has 0 atom stereocenters. The summed E-state index contributed by atoms with van der Waals surface area (Å²) < 4.78 is 10.8. The fourth-order valence-corrected chi connectivity index (χ4v) is 3.76. The second-order valence-electron chi connectivity index (χ2n) is 7.99. The first-order valence-electron chi connectivity index (χ1n) is 11.8. The molecular weight excluding hydrogens is 424 g/mol. The molecule has 0 fully saturated rings. The lowest BCUT2D eigenvalue weighted by molar-refractivity contribution is 0.0456. The smallest absolute Gasteiger partial charge is 0.339 e. The summed E-state index contributed by atoms with van der Waals surface area (Å²) in [6.45, 7) is 2.78. The molecular formula is C27H35ClO4. The third-order valence-electron chi connectivity index (χ3n) is 5.41. The second kappa shape index (κ2) is 15.5. The molecule has 0 N–H and O–H groups in total. The van der Waals surface area contributed by atoms with Crippen LogP contribution in [-0.4, -0.2) is 25.2 Å². The van der Waals surface area contributed by atoms with Gasteiger partial charge in [-0.1, -0.05) is 100 Å². The summed E-state index contributed by atoms with van der Waals surface area (Å²) in [5.41, 5.74) is 1.38. The maximum Gasteiger partial charge on any atom is 0.339 e. The van der Waals surface area contributed by atoms with Crippen LogP contribution in [-0.2, 0) is 15.9 Å². The lowest BCUT2D eigenvalue weighted by Crippen LogP contribution is -2.15. The van der Waals surface area contributed by atoms with E-state index >= 15 is 0 Å². The lowest BCUT2D eigenvalue weighted by Gasteiger charge is -2.10. The Balaban J connectivity index is 1.71. The zero-order chi connectivity index (χ0) is 23.0. The van der Waals surface area contributed by atoms with E-state index in [0.717, 1.165) is 24.8 Å². The SMILES string of the molecule is CCCCCCCCCCCOC(=O)c1ccccc1C(=O)OCCc1ccccc1Cl. The number of carbonyl (C=O) groups is 2. The van der Waals surface area contributed by atoms with Gasteiger partial charge in [-0.15, -0.1) is 0 Å². The first-order valence-corrected chi connectivity index (χ1v) is 12.2. The lowest BCUT2D eigenvalue weighted by atomic mass is 10.1. The van der Waals surface area contributed by atoms with Crippen LogP contribution in [0, 0.1) is 0 Å². The fraction of sp³-hybridized carbons (Fsp3) is 0.481. The first kappa shape index (κ1) is 25.9. The molecule has 0 aromatic heterocycles. The molecule has 0 aliphatic carbocycles. The van der Waals surface area contributed by atoms with Crippen LogP contribution in [0.25, 0.3) is 0 Å². The highest BCUT2D eigenvalue weighted by Gasteiger charge is 2.19. The van der Waals surface area contributed by atoms with Crippen LogP contribution >= 0.6 is 11.6 Å². The molecule has 0 amide bonds. The van der Waals surface area contributed by atoms with Crippen LogP contribution < -0.4 is 0 Å². The molecule has 0 bridgehead atoms. The summed E-state index contributed by atoms with van der Waals surface area (Å²) in [7, 11) is 0. The Morgan fingerprint density at radius 1 is 0.688 bits per heavy atom. The van der Waals surface area contributed by atoms with E-state index in [2.05, 4.69) is 6.92 Å². The van der Waals surface area contributed by atoms with Gasteiger partial charge < -0.3 is 9.47 Å². The second-order valence-corrected chi connectivity index (χ2v) is 8.39. The van der Waals surface area contributed by atoms with Crippen LogP contribution in [0.3, 0.4) is 0 Å². The first-order chi connectivity index (χ1) is 15.6. The Morgan fingerprint density at radius 2 is 1.19 bits per heavy atom. The Hall–Kier alpha value is -2.33. The Kier molecular flexibility index (Phi) is 12.5. The van der Waals surface area contributed by atoms with Crippen molar-refractivity contribution in [2.45, 2.75) is 71.1 Å². The molecule has 4 nitrogen and oxygen atoms in total. The highest BCUT2D eigenvalue weighted by atomic mass is 35.5. The van der Waals surface area contributed by atoms with E-state index < -0.39 is 11.9 Å². The summed E-state index contributed by atoms with van der Waals surface area (Å²) in [5.74, 6) is -1.02. The van der Waals surface area contributed by atoms with Gasteiger partial charge in [-0.25, -0.2) is 9.59 Å². The summed E-state index contributed by atoms with van der Waals surface area (Å²) >= 11 is 6.14. The van der Waals surface area contributed by atoms with Crippen molar-refractivity contribution in [3.8, 4) is 0 Å². The molecule has 2 rings (SSSR count). The maximum atomic E-state index is 12.5. The molecule has 0 saturated heterocycles. The number of esters is 2. The van der Waals surface area contributed by atoms with Gasteiger partial charge in [0.1, 0.15) is 0 Å². The van der Waals surface area contributed by atoms with Gasteiger partial charge in [-0.2, -0.15) is 0 Å². The number of hydrogen-bond acceptors (Lipinski definition) is 4. The molecule has 0 heterocycles. The largest absolute Gasteiger partial charge is 0.462 e. The average molecular weight is 459 g/mol. The van der Waals surface area contributed by atoms with Gasteiger partial charge in [-0.3, -0.25) is 0 Å². The minimum atomic E-state index is -0.535. The maximum absolute atomic E-state index is 12.5. The van der Waals surface area contributed by atoms with Crippen molar-refractivity contribution in [3.05, 3.63) is 70.2 Å². The number of halogens is 1. The summed E-state index contributed by atoms with van der Waals surface area (Å²) in [4.78, 5) is 25.0. The zero-order valence-corrected chi connectivity index (χ0v) is 19.9. The van der Waals surface area contributed by atoms with Gasteiger partial charge >= 0.3 is 11.9 Å². The van der Waals surface area contributed by atoms with Crippen molar-refractivity contribution in [1.29, 1.82) is 0 Å². The molecule has 0 aliphatic rings. The van der Waals surface area contributed by atoms with Crippen LogP contribution in [0.1, 0.15) is 91.0 Å². The topological polar surface area (TPSA) is 52.6 Å². The molecule has 5 heteroatoms. The number of unbranched alkanes of at least 4 members (excludes halogenated alkanes) is 8. The van der Waals surface area contributed by atoms with Crippen molar-refractivity contribution in [3.63, 3.8) is 0 Å². The molecule has 0 unspecified atom stereocenters. The zero-order valence-electron chi connectivity index (χ0n) is 19.1. The molecule has 2 aromatic carbocycles. The minimum absolute atomic E-state index is 0.185. The van der Waals surface area contributed by atoms with Crippen LogP contribution in [0.4, 0.5) is 0 Å². The third kappa shape index (κ3) is 9.44. The Bertz CT molecular complexity index is 834. The predicted molar refractivity (Wildman–Crippen MR) is 129 cm³/mol. The van der Waals surface area contributed by atoms with Gasteiger partial charge in [0.25, 0.3) is 0 Å². The van der Waals surface area contributed by atoms with Gasteiger partial charge in [0, 0.05) is 11.4 Å². The van der Waals surface area contributed by atoms with E-state index in [1.165, 1.54) is 38.5 Å². The average Bonchev–Trinajstić information content (AvgIpc) is 2.81. The normalized spacial score (nSPS) is 10.7. The third-order valence-corrected chi connectivity index (χ3v) is 5.78. The summed E-state index contributed by atoms with van der Waals surface area (Å²) in [5, 5.41) is 0.643. The van der Waals surface area contributed by atoms with Crippen LogP contribution in [0.15, 0.2) is 48.5 Å². The van der Waals surface area contributed by atoms with Gasteiger partial charge in [0.15, 0.2) is 0 Å². The Morgan fingerprint density at radius 3 is 1.78 bits per heavy atom. The summed E-state index contributed by atoms with van der Waals surface area (Å²) in [6.07, 6.45) is 11.3. The number of rotatable bonds is 15. The van der Waals surface area contributed by atoms with Crippen molar-refractivity contribution in [2.24, 2.45) is 0 Å². The molecule has 2 aromatic rings. The quantitative estimate of drug-likeness (QED) is 0.206. The minimum Gasteiger partial charge on any atom is -0.462 e. The van der Waals surface area contributed by atoms with Crippen molar-refractivity contribution in [2.75, 3.05) is 13.2 Å². The van der Waals surface area contributed by atoms with Gasteiger partial charge in [0.05, 0.1) is 24.3 Å². The summed E-state index contributed by atoms with van der Waals surface area (Å²) in [6, 6.07) is 14.1. The molecule has 0 aliphatic heterocycles. The molecule has 0 saturated carbocycles. The standard InChI is InChI=1S/C27H35ClO4/c1-2-3-4-5-6-7-8-9-14-20-31-26(29)23-16-11-12-17-24(23)27(30)32-21-19-22-15-10-13-18-25(22)28/h10-13,15-18H,2-9,14,19-21H2,1H3. The van der Waals surface area contributed by atoms with E-state index in [-0.39, 0.29) is 17.7 Å². The van der Waals surface area contributed by atoms with Crippen LogP contribution in [0.2, 0.25) is 5.02 Å². The van der Waals surface area contributed by atoms with E-state index in [0.29, 0.717) is 18.1 Å². The van der Waals surface area contributed by atoms with E-state index in [1.54, 1.807) is 30.3 Å². The van der Waals surface area contributed by atoms with E-state index in [4.69, 9.17) is 21.1 Å². The Labute approximate surface area is 197 Å². The fourth-order valence-electron chi connectivity index (χ4n) is 3.53. The predicted octanol–water partition coefficient (Wildman–Crippen LogP) is 7.43. The van der Waals surface area contributed by atoms with E-state index in [9.17, 15) is 9.59 Å². The highest BCUT2D eigenvalue weighted by molar-refractivity contribution is 6.31. The van der Waals surface area contributed by atoms with Crippen molar-refractivity contribution >= 4 is 23.5 Å². The van der Waals surface area contributed by atoms with Crippen LogP contribution in [0.5, 0.6) is 0 Å². The van der Waals surface area contributed by atoms with E-state index in [1.807, 2.05) is 18.2 Å².